The molecule has 1 amide bonds. The molecule has 0 aliphatic heterocycles. The number of aryl methyl sites for hydroxylation is 1. The van der Waals surface area contributed by atoms with Crippen molar-refractivity contribution in [1.82, 2.24) is 9.88 Å². The molecule has 0 spiro atoms. The van der Waals surface area contributed by atoms with E-state index in [0.717, 1.165) is 25.7 Å². The van der Waals surface area contributed by atoms with E-state index < -0.39 is 5.60 Å². The maximum atomic E-state index is 11.8. The molecule has 0 atom stereocenters. The van der Waals surface area contributed by atoms with E-state index in [-0.39, 0.29) is 17.9 Å². The lowest BCUT2D eigenvalue weighted by Crippen LogP contribution is -2.45. The summed E-state index contributed by atoms with van der Waals surface area (Å²) in [5.41, 5.74) is -0.864. The summed E-state index contributed by atoms with van der Waals surface area (Å²) < 4.78 is 1.51. The number of hydrogen-bond acceptors (Lipinski definition) is 3. The largest absolute Gasteiger partial charge is 0.388 e. The number of carbonyl (C=O) groups is 1. The van der Waals surface area contributed by atoms with Gasteiger partial charge in [-0.2, -0.15) is 0 Å². The molecular weight excluding hydrogens is 268 g/mol. The molecule has 1 aromatic heterocycles. The van der Waals surface area contributed by atoms with Crippen LogP contribution in [0.3, 0.4) is 0 Å². The van der Waals surface area contributed by atoms with Gasteiger partial charge in [-0.1, -0.05) is 13.0 Å². The van der Waals surface area contributed by atoms with Crippen molar-refractivity contribution in [2.24, 2.45) is 5.92 Å². The summed E-state index contributed by atoms with van der Waals surface area (Å²) in [5.74, 6) is 0.531. The molecule has 1 aliphatic rings. The Bertz CT molecular complexity index is 530. The molecule has 5 heteroatoms. The molecule has 1 aromatic rings. The van der Waals surface area contributed by atoms with Gasteiger partial charge >= 0.3 is 0 Å². The first-order valence-corrected chi connectivity index (χ1v) is 7.63. The van der Waals surface area contributed by atoms with E-state index in [4.69, 9.17) is 0 Å². The van der Waals surface area contributed by atoms with Crippen LogP contribution in [-0.2, 0) is 11.3 Å². The van der Waals surface area contributed by atoms with Gasteiger partial charge in [0.25, 0.3) is 5.56 Å². The van der Waals surface area contributed by atoms with Crippen LogP contribution in [0.1, 0.15) is 39.0 Å². The molecule has 2 N–H and O–H groups in total. The number of nitrogens with zero attached hydrogens (tertiary/aromatic N) is 1. The Labute approximate surface area is 125 Å². The highest BCUT2D eigenvalue weighted by Gasteiger charge is 2.31. The lowest BCUT2D eigenvalue weighted by atomic mass is 9.79. The number of amides is 1. The maximum absolute atomic E-state index is 11.8. The van der Waals surface area contributed by atoms with Crippen LogP contribution < -0.4 is 10.9 Å². The van der Waals surface area contributed by atoms with Crippen molar-refractivity contribution in [3.8, 4) is 0 Å². The zero-order valence-electron chi connectivity index (χ0n) is 12.5. The number of pyridine rings is 1. The fourth-order valence-corrected chi connectivity index (χ4v) is 2.70. The highest BCUT2D eigenvalue weighted by Crippen LogP contribution is 2.31. The van der Waals surface area contributed by atoms with Gasteiger partial charge in [-0.15, -0.1) is 0 Å². The molecule has 0 saturated heterocycles. The van der Waals surface area contributed by atoms with E-state index in [1.165, 1.54) is 10.6 Å². The third-order valence-electron chi connectivity index (χ3n) is 4.30. The zero-order valence-corrected chi connectivity index (χ0v) is 12.5. The minimum Gasteiger partial charge on any atom is -0.388 e. The fourth-order valence-electron chi connectivity index (χ4n) is 2.70. The molecule has 2 rings (SSSR count). The third kappa shape index (κ3) is 4.70. The van der Waals surface area contributed by atoms with Gasteiger partial charge in [-0.3, -0.25) is 9.59 Å². The van der Waals surface area contributed by atoms with Crippen LogP contribution in [0.25, 0.3) is 0 Å². The second kappa shape index (κ2) is 6.89. The van der Waals surface area contributed by atoms with Gasteiger partial charge in [0.15, 0.2) is 0 Å². The molecule has 1 heterocycles. The minimum atomic E-state index is -0.758. The molecule has 0 unspecified atom stereocenters. The predicted octanol–water partition coefficient (Wildman–Crippen LogP) is 1.30. The summed E-state index contributed by atoms with van der Waals surface area (Å²) in [6.07, 6.45) is 5.42. The monoisotopic (exact) mass is 292 g/mol. The normalized spacial score (nSPS) is 25.5. The molecule has 1 aliphatic carbocycles. The number of aromatic nitrogens is 1. The Morgan fingerprint density at radius 2 is 2.14 bits per heavy atom. The van der Waals surface area contributed by atoms with E-state index in [9.17, 15) is 14.7 Å². The molecule has 0 radical (unpaired) electrons. The van der Waals surface area contributed by atoms with E-state index in [1.54, 1.807) is 18.3 Å². The van der Waals surface area contributed by atoms with Gasteiger partial charge in [-0.25, -0.2) is 0 Å². The molecule has 116 valence electrons. The van der Waals surface area contributed by atoms with Gasteiger partial charge in [0.1, 0.15) is 0 Å². The number of aliphatic hydroxyl groups is 1. The van der Waals surface area contributed by atoms with E-state index in [0.29, 0.717) is 19.0 Å². The minimum absolute atomic E-state index is 0.106. The van der Waals surface area contributed by atoms with Crippen molar-refractivity contribution < 1.29 is 9.90 Å². The number of rotatable bonds is 5. The van der Waals surface area contributed by atoms with Crippen LogP contribution in [0.5, 0.6) is 0 Å². The highest BCUT2D eigenvalue weighted by atomic mass is 16.3. The van der Waals surface area contributed by atoms with Crippen molar-refractivity contribution in [3.05, 3.63) is 34.7 Å². The Morgan fingerprint density at radius 3 is 2.81 bits per heavy atom. The Kier molecular flexibility index (Phi) is 5.17. The van der Waals surface area contributed by atoms with Crippen molar-refractivity contribution in [3.63, 3.8) is 0 Å². The predicted molar refractivity (Wildman–Crippen MR) is 80.9 cm³/mol. The smallest absolute Gasteiger partial charge is 0.250 e. The topological polar surface area (TPSA) is 71.3 Å². The number of hydrogen-bond donors (Lipinski definition) is 2. The number of carbonyl (C=O) groups excluding carboxylic acids is 1. The summed E-state index contributed by atoms with van der Waals surface area (Å²) in [6, 6.07) is 4.92. The Hall–Kier alpha value is -1.62. The summed E-state index contributed by atoms with van der Waals surface area (Å²) in [7, 11) is 0. The molecule has 5 nitrogen and oxygen atoms in total. The van der Waals surface area contributed by atoms with Gasteiger partial charge < -0.3 is 15.0 Å². The van der Waals surface area contributed by atoms with Crippen LogP contribution in [-0.4, -0.2) is 27.7 Å². The summed E-state index contributed by atoms with van der Waals surface area (Å²) in [5, 5.41) is 13.2. The standard InChI is InChI=1S/C16H24N2O3/c1-13-5-8-16(21,9-6-13)12-17-14(19)7-11-18-10-3-2-4-15(18)20/h2-4,10,13,21H,5-9,11-12H2,1H3,(H,17,19). The summed E-state index contributed by atoms with van der Waals surface area (Å²) >= 11 is 0. The van der Waals surface area contributed by atoms with Crippen LogP contribution in [0.15, 0.2) is 29.2 Å². The lowest BCUT2D eigenvalue weighted by molar-refractivity contribution is -0.123. The molecule has 1 saturated carbocycles. The fraction of sp³-hybridized carbons (Fsp3) is 0.625. The van der Waals surface area contributed by atoms with E-state index >= 15 is 0 Å². The number of nitrogens with one attached hydrogen (secondary N) is 1. The van der Waals surface area contributed by atoms with E-state index in [1.807, 2.05) is 0 Å². The highest BCUT2D eigenvalue weighted by molar-refractivity contribution is 5.75. The second-order valence-corrected chi connectivity index (χ2v) is 6.17. The van der Waals surface area contributed by atoms with Gasteiger partial charge in [0.2, 0.25) is 5.91 Å². The van der Waals surface area contributed by atoms with Crippen molar-refractivity contribution in [1.29, 1.82) is 0 Å². The molecular formula is C16H24N2O3. The maximum Gasteiger partial charge on any atom is 0.250 e. The summed E-state index contributed by atoms with van der Waals surface area (Å²) in [6.45, 7) is 2.86. The molecule has 1 fully saturated rings. The van der Waals surface area contributed by atoms with Crippen molar-refractivity contribution >= 4 is 5.91 Å². The average molecular weight is 292 g/mol. The molecule has 0 aromatic carbocycles. The van der Waals surface area contributed by atoms with Crippen molar-refractivity contribution in [2.75, 3.05) is 6.54 Å². The van der Waals surface area contributed by atoms with Crippen LogP contribution in [0.4, 0.5) is 0 Å². The van der Waals surface area contributed by atoms with Gasteiger partial charge in [0.05, 0.1) is 5.60 Å². The van der Waals surface area contributed by atoms with Crippen LogP contribution in [0.2, 0.25) is 0 Å². The van der Waals surface area contributed by atoms with Crippen molar-refractivity contribution in [2.45, 2.75) is 51.2 Å². The Morgan fingerprint density at radius 1 is 1.43 bits per heavy atom. The SMILES string of the molecule is CC1CCC(O)(CNC(=O)CCn2ccccc2=O)CC1. The van der Waals surface area contributed by atoms with Crippen LogP contribution >= 0.6 is 0 Å². The lowest BCUT2D eigenvalue weighted by Gasteiger charge is -2.34. The van der Waals surface area contributed by atoms with Gasteiger partial charge in [0, 0.05) is 31.8 Å². The average Bonchev–Trinajstić information content (AvgIpc) is 2.48. The molecule has 0 bridgehead atoms. The second-order valence-electron chi connectivity index (χ2n) is 6.17. The quantitative estimate of drug-likeness (QED) is 0.859. The Balaban J connectivity index is 1.75. The zero-order chi connectivity index (χ0) is 15.3. The first-order valence-electron chi connectivity index (χ1n) is 7.63. The van der Waals surface area contributed by atoms with E-state index in [2.05, 4.69) is 12.2 Å². The van der Waals surface area contributed by atoms with Gasteiger partial charge in [-0.05, 0) is 37.7 Å². The first kappa shape index (κ1) is 15.8. The third-order valence-corrected chi connectivity index (χ3v) is 4.30. The first-order chi connectivity index (χ1) is 9.98. The molecule has 21 heavy (non-hydrogen) atoms. The summed E-state index contributed by atoms with van der Waals surface area (Å²) in [4.78, 5) is 23.3. The van der Waals surface area contributed by atoms with Crippen LogP contribution in [0, 0.1) is 5.92 Å².